The summed E-state index contributed by atoms with van der Waals surface area (Å²) >= 11 is 0. The fourth-order valence-corrected chi connectivity index (χ4v) is 2.22. The Bertz CT molecular complexity index is 957. The van der Waals surface area contributed by atoms with Crippen molar-refractivity contribution in [3.05, 3.63) is 68.3 Å². The highest BCUT2D eigenvalue weighted by molar-refractivity contribution is 6.04. The predicted octanol–water partition coefficient (Wildman–Crippen LogP) is 4.16. The Kier molecular flexibility index (Phi) is 7.57. The van der Waals surface area contributed by atoms with Crippen LogP contribution < -0.4 is 10.2 Å². The van der Waals surface area contributed by atoms with Crippen LogP contribution in [0.15, 0.2) is 47.6 Å². The van der Waals surface area contributed by atoms with E-state index in [1.54, 1.807) is 0 Å². The highest BCUT2D eigenvalue weighted by atomic mass is 19.3. The molecule has 10 nitrogen and oxygen atoms in total. The fraction of sp³-hybridized carbons (Fsp3) is 0.188. The molecule has 0 unspecified atom stereocenters. The lowest BCUT2D eigenvalue weighted by Gasteiger charge is -2.13. The Morgan fingerprint density at radius 2 is 1.73 bits per heavy atom. The Balaban J connectivity index is 2.44. The van der Waals surface area contributed by atoms with Crippen molar-refractivity contribution in [2.24, 2.45) is 5.10 Å². The number of nitro benzene ring substituents is 2. The Labute approximate surface area is 165 Å². The Morgan fingerprint density at radius 3 is 2.33 bits per heavy atom. The number of hydrogen-bond acceptors (Lipinski definition) is 8. The number of halogens is 4. The minimum atomic E-state index is -3.22. The van der Waals surface area contributed by atoms with Gasteiger partial charge in [0.05, 0.1) is 28.2 Å². The van der Waals surface area contributed by atoms with Crippen LogP contribution in [-0.4, -0.2) is 35.4 Å². The van der Waals surface area contributed by atoms with E-state index in [0.717, 1.165) is 18.2 Å². The molecule has 0 amide bonds. The zero-order valence-electron chi connectivity index (χ0n) is 14.7. The smallest absolute Gasteiger partial charge is 0.387 e. The van der Waals surface area contributed by atoms with Gasteiger partial charge in [-0.1, -0.05) is 12.1 Å². The maximum Gasteiger partial charge on any atom is 0.387 e. The molecule has 0 aromatic heterocycles. The average Bonchev–Trinajstić information content (AvgIpc) is 2.68. The van der Waals surface area contributed by atoms with Crippen LogP contribution in [0.5, 0.6) is 5.75 Å². The molecule has 30 heavy (non-hydrogen) atoms. The van der Waals surface area contributed by atoms with Gasteiger partial charge in [0, 0.05) is 11.6 Å². The molecule has 0 saturated carbocycles. The molecule has 0 bridgehead atoms. The first-order chi connectivity index (χ1) is 14.2. The van der Waals surface area contributed by atoms with Crippen molar-refractivity contribution in [1.29, 1.82) is 0 Å². The second-order valence-corrected chi connectivity index (χ2v) is 5.33. The van der Waals surface area contributed by atoms with Crippen LogP contribution in [0.2, 0.25) is 0 Å². The normalized spacial score (nSPS) is 11.6. The lowest BCUT2D eigenvalue weighted by atomic mass is 10.1. The Hall–Kier alpha value is -3.81. The third kappa shape index (κ3) is 6.10. The number of hydrazone groups is 1. The third-order valence-corrected chi connectivity index (χ3v) is 3.46. The fourth-order valence-electron chi connectivity index (χ4n) is 2.22. The van der Waals surface area contributed by atoms with Crippen LogP contribution in [0.1, 0.15) is 5.56 Å². The minimum Gasteiger partial charge on any atom is -0.434 e. The molecule has 14 heteroatoms. The van der Waals surface area contributed by atoms with Crippen molar-refractivity contribution in [1.82, 2.24) is 0 Å². The van der Waals surface area contributed by atoms with Crippen LogP contribution in [0.25, 0.3) is 0 Å². The zero-order chi connectivity index (χ0) is 22.3. The van der Waals surface area contributed by atoms with Crippen LogP contribution in [0, 0.1) is 20.2 Å². The molecular formula is C16H12F4N4O6. The van der Waals surface area contributed by atoms with Gasteiger partial charge in [0.1, 0.15) is 11.4 Å². The molecule has 0 radical (unpaired) electrons. The van der Waals surface area contributed by atoms with E-state index >= 15 is 0 Å². The van der Waals surface area contributed by atoms with Gasteiger partial charge in [0.2, 0.25) is 0 Å². The molecule has 2 aromatic rings. The van der Waals surface area contributed by atoms with Crippen molar-refractivity contribution in [2.75, 3.05) is 12.0 Å². The SMILES string of the molecule is O=[N+]([O-])c1ccc(N/N=C(\COC(F)F)c2ccccc2OC(F)F)c([N+](=O)[O-])c1. The number of rotatable bonds is 10. The first-order valence-corrected chi connectivity index (χ1v) is 7.88. The molecule has 0 aliphatic heterocycles. The number of non-ortho nitro benzene ring substituents is 1. The van der Waals surface area contributed by atoms with Gasteiger partial charge in [0.15, 0.2) is 0 Å². The number of nitrogens with one attached hydrogen (secondary N) is 1. The predicted molar refractivity (Wildman–Crippen MR) is 94.9 cm³/mol. The molecule has 0 aliphatic rings. The number of alkyl halides is 4. The topological polar surface area (TPSA) is 129 Å². The molecule has 0 spiro atoms. The quantitative estimate of drug-likeness (QED) is 0.258. The summed E-state index contributed by atoms with van der Waals surface area (Å²) in [6.07, 6.45) is 0. The molecule has 2 rings (SSSR count). The van der Waals surface area contributed by atoms with E-state index in [4.69, 9.17) is 0 Å². The van der Waals surface area contributed by atoms with E-state index < -0.39 is 46.8 Å². The number of nitrogens with zero attached hydrogens (tertiary/aromatic N) is 3. The molecule has 160 valence electrons. The van der Waals surface area contributed by atoms with Crippen LogP contribution >= 0.6 is 0 Å². The minimum absolute atomic E-state index is 0.143. The largest absolute Gasteiger partial charge is 0.434 e. The Morgan fingerprint density at radius 1 is 1.03 bits per heavy atom. The molecule has 0 heterocycles. The van der Waals surface area contributed by atoms with Crippen LogP contribution in [0.3, 0.4) is 0 Å². The lowest BCUT2D eigenvalue weighted by Crippen LogP contribution is -2.17. The van der Waals surface area contributed by atoms with Gasteiger partial charge >= 0.3 is 18.9 Å². The number of nitro groups is 2. The summed E-state index contributed by atoms with van der Waals surface area (Å²) < 4.78 is 58.7. The van der Waals surface area contributed by atoms with Crippen LogP contribution in [0.4, 0.5) is 34.6 Å². The molecule has 0 fully saturated rings. The third-order valence-electron chi connectivity index (χ3n) is 3.46. The van der Waals surface area contributed by atoms with Gasteiger partial charge < -0.3 is 9.47 Å². The van der Waals surface area contributed by atoms with Gasteiger partial charge in [-0.25, -0.2) is 0 Å². The van der Waals surface area contributed by atoms with E-state index in [1.165, 1.54) is 18.2 Å². The highest BCUT2D eigenvalue weighted by Gasteiger charge is 2.21. The van der Waals surface area contributed by atoms with Gasteiger partial charge in [-0.3, -0.25) is 25.7 Å². The molecule has 0 saturated heterocycles. The summed E-state index contributed by atoms with van der Waals surface area (Å²) in [6, 6.07) is 7.70. The summed E-state index contributed by atoms with van der Waals surface area (Å²) in [5.41, 5.74) is 0.131. The molecule has 1 N–H and O–H groups in total. The number of ether oxygens (including phenoxy) is 2. The molecule has 2 aromatic carbocycles. The van der Waals surface area contributed by atoms with Gasteiger partial charge in [-0.2, -0.15) is 22.7 Å². The maximum absolute atomic E-state index is 12.6. The van der Waals surface area contributed by atoms with Crippen molar-refractivity contribution in [2.45, 2.75) is 13.2 Å². The van der Waals surface area contributed by atoms with Crippen molar-refractivity contribution in [3.8, 4) is 5.75 Å². The first-order valence-electron chi connectivity index (χ1n) is 7.88. The highest BCUT2D eigenvalue weighted by Crippen LogP contribution is 2.29. The van der Waals surface area contributed by atoms with E-state index in [2.05, 4.69) is 20.0 Å². The number of anilines is 1. The number of hydrogen-bond donors (Lipinski definition) is 1. The average molecular weight is 432 g/mol. The van der Waals surface area contributed by atoms with E-state index in [0.29, 0.717) is 6.07 Å². The second-order valence-electron chi connectivity index (χ2n) is 5.33. The second kappa shape index (κ2) is 10.1. The standard InChI is InChI=1S/C16H12F4N4O6/c17-15(18)29-8-12(10-3-1-2-4-14(10)30-16(19)20)22-21-11-6-5-9(23(25)26)7-13(11)24(27)28/h1-7,15-16,21H,8H2/b22-12+. The number of para-hydroxylation sites is 1. The summed E-state index contributed by atoms with van der Waals surface area (Å²) in [6.45, 7) is -7.30. The van der Waals surface area contributed by atoms with Gasteiger partial charge in [-0.15, -0.1) is 0 Å². The number of benzene rings is 2. The van der Waals surface area contributed by atoms with E-state index in [1.807, 2.05) is 0 Å². The summed E-state index contributed by atoms with van der Waals surface area (Å²) in [5.74, 6) is -0.399. The zero-order valence-corrected chi connectivity index (χ0v) is 14.7. The summed E-state index contributed by atoms with van der Waals surface area (Å²) in [4.78, 5) is 20.2. The van der Waals surface area contributed by atoms with Crippen molar-refractivity contribution in [3.63, 3.8) is 0 Å². The van der Waals surface area contributed by atoms with Crippen molar-refractivity contribution < 1.29 is 36.9 Å². The molecular weight excluding hydrogens is 420 g/mol. The van der Waals surface area contributed by atoms with Gasteiger partial charge in [0.25, 0.3) is 5.69 Å². The van der Waals surface area contributed by atoms with Crippen molar-refractivity contribution >= 4 is 22.8 Å². The van der Waals surface area contributed by atoms with Gasteiger partial charge in [-0.05, 0) is 18.2 Å². The molecule has 0 aliphatic carbocycles. The lowest BCUT2D eigenvalue weighted by molar-refractivity contribution is -0.393. The maximum atomic E-state index is 12.6. The summed E-state index contributed by atoms with van der Waals surface area (Å²) in [5, 5.41) is 25.7. The molecule has 0 atom stereocenters. The van der Waals surface area contributed by atoms with E-state index in [9.17, 15) is 37.8 Å². The first kappa shape index (κ1) is 22.5. The van der Waals surface area contributed by atoms with Crippen LogP contribution in [-0.2, 0) is 4.74 Å². The monoisotopic (exact) mass is 432 g/mol. The van der Waals surface area contributed by atoms with E-state index in [-0.39, 0.29) is 17.0 Å². The summed E-state index contributed by atoms with van der Waals surface area (Å²) in [7, 11) is 0.